The number of nitrogens with zero attached hydrogens (tertiary/aromatic N) is 3. The molecule has 1 aromatic carbocycles. The van der Waals surface area contributed by atoms with Crippen LogP contribution in [0.4, 0.5) is 0 Å². The average Bonchev–Trinajstić information content (AvgIpc) is 3.24. The lowest BCUT2D eigenvalue weighted by Gasteiger charge is -2.17. The van der Waals surface area contributed by atoms with E-state index in [2.05, 4.69) is 20.9 Å². The van der Waals surface area contributed by atoms with E-state index in [9.17, 15) is 0 Å². The smallest absolute Gasteiger partial charge is 0.223 e. The number of benzene rings is 1. The summed E-state index contributed by atoms with van der Waals surface area (Å²) in [7, 11) is 1.68. The Morgan fingerprint density at radius 3 is 2.68 bits per heavy atom. The van der Waals surface area contributed by atoms with Gasteiger partial charge in [0.25, 0.3) is 0 Å². The first-order valence-electron chi connectivity index (χ1n) is 10.3. The zero-order chi connectivity index (χ0) is 19.3. The highest BCUT2D eigenvalue weighted by molar-refractivity contribution is 6.28. The lowest BCUT2D eigenvalue weighted by Crippen LogP contribution is -2.21. The highest BCUT2D eigenvalue weighted by Gasteiger charge is 2.17. The van der Waals surface area contributed by atoms with E-state index in [0.717, 1.165) is 53.9 Å². The number of rotatable bonds is 7. The van der Waals surface area contributed by atoms with Crippen molar-refractivity contribution in [2.24, 2.45) is 0 Å². The van der Waals surface area contributed by atoms with Gasteiger partial charge in [-0.1, -0.05) is 6.08 Å². The van der Waals surface area contributed by atoms with Gasteiger partial charge >= 0.3 is 0 Å². The van der Waals surface area contributed by atoms with E-state index in [1.54, 1.807) is 7.11 Å². The zero-order valence-electron chi connectivity index (χ0n) is 16.5. The van der Waals surface area contributed by atoms with Crippen LogP contribution in [0.5, 0.6) is 11.5 Å². The number of methoxy groups -OCH3 is 1. The van der Waals surface area contributed by atoms with E-state index in [-0.39, 0.29) is 5.28 Å². The number of aromatic nitrogens is 2. The second-order valence-electron chi connectivity index (χ2n) is 7.59. The maximum absolute atomic E-state index is 6.24. The molecule has 0 bridgehead atoms. The molecule has 150 valence electrons. The van der Waals surface area contributed by atoms with Crippen molar-refractivity contribution in [2.45, 2.75) is 44.9 Å². The molecule has 2 aliphatic rings. The van der Waals surface area contributed by atoms with Gasteiger partial charge in [0.1, 0.15) is 0 Å². The van der Waals surface area contributed by atoms with E-state index < -0.39 is 0 Å². The highest BCUT2D eigenvalue weighted by atomic mass is 35.5. The number of ether oxygens (including phenoxy) is 2. The van der Waals surface area contributed by atoms with E-state index in [0.29, 0.717) is 6.61 Å². The Morgan fingerprint density at radius 2 is 1.93 bits per heavy atom. The summed E-state index contributed by atoms with van der Waals surface area (Å²) in [5.74, 6) is 1.44. The molecule has 6 heteroatoms. The number of hydrogen-bond acceptors (Lipinski definition) is 5. The lowest BCUT2D eigenvalue weighted by atomic mass is 9.95. The molecule has 4 rings (SSSR count). The van der Waals surface area contributed by atoms with E-state index in [1.165, 1.54) is 44.3 Å². The molecule has 0 atom stereocenters. The van der Waals surface area contributed by atoms with Gasteiger partial charge in [0.15, 0.2) is 11.5 Å². The van der Waals surface area contributed by atoms with Crippen LogP contribution in [0, 0.1) is 0 Å². The molecule has 0 amide bonds. The summed E-state index contributed by atoms with van der Waals surface area (Å²) in [5, 5.41) is 1.25. The van der Waals surface area contributed by atoms with Gasteiger partial charge < -0.3 is 14.4 Å². The maximum Gasteiger partial charge on any atom is 0.223 e. The fraction of sp³-hybridized carbons (Fsp3) is 0.545. The van der Waals surface area contributed by atoms with Crippen molar-refractivity contribution in [1.82, 2.24) is 14.9 Å². The summed E-state index contributed by atoms with van der Waals surface area (Å²) >= 11 is 6.24. The van der Waals surface area contributed by atoms with Crippen LogP contribution in [0.15, 0.2) is 18.2 Å². The topological polar surface area (TPSA) is 47.5 Å². The Labute approximate surface area is 171 Å². The van der Waals surface area contributed by atoms with Crippen molar-refractivity contribution in [1.29, 1.82) is 0 Å². The summed E-state index contributed by atoms with van der Waals surface area (Å²) in [6.07, 6.45) is 10.5. The fourth-order valence-electron chi connectivity index (χ4n) is 4.16. The predicted molar refractivity (Wildman–Crippen MR) is 113 cm³/mol. The molecule has 0 saturated carbocycles. The SMILES string of the molecule is COc1cc2c(C3=CCCCC3)nc(Cl)nc2cc1OCCCN1CCCC1. The summed E-state index contributed by atoms with van der Waals surface area (Å²) in [5.41, 5.74) is 2.98. The van der Waals surface area contributed by atoms with Gasteiger partial charge in [0.05, 0.1) is 24.9 Å². The van der Waals surface area contributed by atoms with Crippen LogP contribution in [0.2, 0.25) is 5.28 Å². The first-order valence-corrected chi connectivity index (χ1v) is 10.7. The number of likely N-dealkylation sites (tertiary alicyclic amines) is 1. The first-order chi connectivity index (χ1) is 13.7. The average molecular weight is 402 g/mol. The molecule has 1 aromatic heterocycles. The number of allylic oxidation sites excluding steroid dienone is 2. The summed E-state index contributed by atoms with van der Waals surface area (Å²) < 4.78 is 11.7. The van der Waals surface area contributed by atoms with Crippen molar-refractivity contribution < 1.29 is 9.47 Å². The molecule has 2 heterocycles. The zero-order valence-corrected chi connectivity index (χ0v) is 17.3. The second-order valence-corrected chi connectivity index (χ2v) is 7.93. The van der Waals surface area contributed by atoms with Crippen molar-refractivity contribution in [3.8, 4) is 11.5 Å². The van der Waals surface area contributed by atoms with Crippen LogP contribution in [0.3, 0.4) is 0 Å². The summed E-state index contributed by atoms with van der Waals surface area (Å²) in [6, 6.07) is 3.93. The molecule has 5 nitrogen and oxygen atoms in total. The van der Waals surface area contributed by atoms with Crippen LogP contribution in [0.1, 0.15) is 50.6 Å². The third kappa shape index (κ3) is 4.41. The van der Waals surface area contributed by atoms with E-state index >= 15 is 0 Å². The van der Waals surface area contributed by atoms with Gasteiger partial charge in [-0.3, -0.25) is 0 Å². The Kier molecular flexibility index (Phi) is 6.33. The van der Waals surface area contributed by atoms with Crippen LogP contribution >= 0.6 is 11.6 Å². The van der Waals surface area contributed by atoms with Gasteiger partial charge in [0.2, 0.25) is 5.28 Å². The molecule has 0 unspecified atom stereocenters. The molecule has 0 spiro atoms. The molecule has 1 saturated heterocycles. The van der Waals surface area contributed by atoms with Gasteiger partial charge in [-0.05, 0) is 81.3 Å². The second kappa shape index (κ2) is 9.10. The van der Waals surface area contributed by atoms with E-state index in [1.807, 2.05) is 12.1 Å². The number of halogens is 1. The third-order valence-corrected chi connectivity index (χ3v) is 5.79. The number of hydrogen-bond donors (Lipinski definition) is 0. The molecule has 0 radical (unpaired) electrons. The Balaban J connectivity index is 1.56. The van der Waals surface area contributed by atoms with Gasteiger partial charge in [-0.15, -0.1) is 0 Å². The van der Waals surface area contributed by atoms with E-state index in [4.69, 9.17) is 21.1 Å². The van der Waals surface area contributed by atoms with Gasteiger partial charge in [-0.2, -0.15) is 0 Å². The molecule has 2 aromatic rings. The number of fused-ring (bicyclic) bond motifs is 1. The monoisotopic (exact) mass is 401 g/mol. The largest absolute Gasteiger partial charge is 0.493 e. The third-order valence-electron chi connectivity index (χ3n) is 5.62. The van der Waals surface area contributed by atoms with Crippen molar-refractivity contribution >= 4 is 28.1 Å². The van der Waals surface area contributed by atoms with Crippen LogP contribution < -0.4 is 9.47 Å². The Bertz CT molecular complexity index is 862. The lowest BCUT2D eigenvalue weighted by molar-refractivity contribution is 0.254. The summed E-state index contributed by atoms with van der Waals surface area (Å²) in [4.78, 5) is 11.5. The van der Waals surface area contributed by atoms with Crippen molar-refractivity contribution in [2.75, 3.05) is 33.4 Å². The van der Waals surface area contributed by atoms with Crippen molar-refractivity contribution in [3.63, 3.8) is 0 Å². The summed E-state index contributed by atoms with van der Waals surface area (Å²) in [6.45, 7) is 4.18. The fourth-order valence-corrected chi connectivity index (χ4v) is 4.33. The standard InChI is InChI=1S/C22H28ClN3O2/c1-27-19-14-17-18(15-20(19)28-13-7-12-26-10-5-6-11-26)24-22(23)25-21(17)16-8-3-2-4-9-16/h8,14-15H,2-7,9-13H2,1H3. The van der Waals surface area contributed by atoms with Crippen LogP contribution in [-0.4, -0.2) is 48.2 Å². The molecule has 1 aliphatic heterocycles. The molecular weight excluding hydrogens is 374 g/mol. The minimum Gasteiger partial charge on any atom is -0.493 e. The normalized spacial score (nSPS) is 17.7. The quantitative estimate of drug-likeness (QED) is 0.476. The molecule has 1 fully saturated rings. The van der Waals surface area contributed by atoms with Gasteiger partial charge in [-0.25, -0.2) is 9.97 Å². The predicted octanol–water partition coefficient (Wildman–Crippen LogP) is 5.11. The molecular formula is C22H28ClN3O2. The van der Waals surface area contributed by atoms with Gasteiger partial charge in [0, 0.05) is 18.0 Å². The maximum atomic E-state index is 6.24. The molecule has 1 aliphatic carbocycles. The molecule has 28 heavy (non-hydrogen) atoms. The van der Waals surface area contributed by atoms with Crippen LogP contribution in [-0.2, 0) is 0 Å². The van der Waals surface area contributed by atoms with Crippen LogP contribution in [0.25, 0.3) is 16.5 Å². The first kappa shape index (κ1) is 19.5. The minimum absolute atomic E-state index is 0.277. The Morgan fingerprint density at radius 1 is 1.07 bits per heavy atom. The Hall–Kier alpha value is -1.85. The minimum atomic E-state index is 0.277. The van der Waals surface area contributed by atoms with Crippen molar-refractivity contribution in [3.05, 3.63) is 29.2 Å². The molecule has 0 N–H and O–H groups in total. The highest BCUT2D eigenvalue weighted by Crippen LogP contribution is 2.37.